The van der Waals surface area contributed by atoms with Gasteiger partial charge in [0.05, 0.1) is 6.04 Å². The maximum Gasteiger partial charge on any atom is 0.407 e. The van der Waals surface area contributed by atoms with Crippen molar-refractivity contribution in [2.75, 3.05) is 6.54 Å². The monoisotopic (exact) mass is 169 g/mol. The second-order valence-corrected chi connectivity index (χ2v) is 2.77. The summed E-state index contributed by atoms with van der Waals surface area (Å²) in [5, 5.41) is 8.69. The number of carboxylic acid groups (broad SMARTS) is 1. The fraction of sp³-hybridized carbons (Fsp3) is 0.500. The molecule has 1 aliphatic rings. The van der Waals surface area contributed by atoms with Crippen molar-refractivity contribution in [2.24, 2.45) is 0 Å². The average Bonchev–Trinajstić information content (AvgIpc) is 2.03. The molecule has 4 nitrogen and oxygen atoms in total. The fourth-order valence-electron chi connectivity index (χ4n) is 1.30. The number of ketones is 1. The molecule has 1 fully saturated rings. The zero-order valence-corrected chi connectivity index (χ0v) is 6.69. The van der Waals surface area contributed by atoms with E-state index >= 15 is 0 Å². The van der Waals surface area contributed by atoms with Gasteiger partial charge in [0.1, 0.15) is 5.78 Å². The van der Waals surface area contributed by atoms with Crippen LogP contribution in [0, 0.1) is 0 Å². The summed E-state index contributed by atoms with van der Waals surface area (Å²) in [5.41, 5.74) is 0. The molecule has 1 N–H and O–H groups in total. The molecule has 1 amide bonds. The summed E-state index contributed by atoms with van der Waals surface area (Å²) in [7, 11) is 0. The van der Waals surface area contributed by atoms with Crippen LogP contribution in [-0.4, -0.2) is 34.5 Å². The summed E-state index contributed by atoms with van der Waals surface area (Å²) in [4.78, 5) is 22.8. The van der Waals surface area contributed by atoms with E-state index in [-0.39, 0.29) is 18.2 Å². The van der Waals surface area contributed by atoms with E-state index in [1.165, 1.54) is 11.0 Å². The van der Waals surface area contributed by atoms with Crippen LogP contribution in [0.2, 0.25) is 0 Å². The Morgan fingerprint density at radius 1 is 1.75 bits per heavy atom. The maximum absolute atomic E-state index is 10.9. The van der Waals surface area contributed by atoms with Gasteiger partial charge >= 0.3 is 6.09 Å². The van der Waals surface area contributed by atoms with E-state index in [0.29, 0.717) is 13.0 Å². The molecule has 4 heteroatoms. The highest BCUT2D eigenvalue weighted by Crippen LogP contribution is 2.14. The van der Waals surface area contributed by atoms with E-state index in [0.717, 1.165) is 0 Å². The molecule has 1 rings (SSSR count). The normalized spacial score (nSPS) is 23.8. The minimum absolute atomic E-state index is 0.109. The molecule has 1 saturated heterocycles. The van der Waals surface area contributed by atoms with Gasteiger partial charge in [0.15, 0.2) is 0 Å². The van der Waals surface area contributed by atoms with Gasteiger partial charge in [-0.2, -0.15) is 0 Å². The molecule has 0 spiro atoms. The Bertz CT molecular complexity index is 224. The SMILES string of the molecule is C=CC1CC(=O)CCN1C(=O)O. The van der Waals surface area contributed by atoms with Crippen molar-refractivity contribution < 1.29 is 14.7 Å². The third-order valence-electron chi connectivity index (χ3n) is 1.99. The molecule has 66 valence electrons. The number of rotatable bonds is 1. The van der Waals surface area contributed by atoms with Gasteiger partial charge in [0.2, 0.25) is 0 Å². The Labute approximate surface area is 70.5 Å². The largest absolute Gasteiger partial charge is 0.465 e. The van der Waals surface area contributed by atoms with E-state index in [2.05, 4.69) is 6.58 Å². The second-order valence-electron chi connectivity index (χ2n) is 2.77. The minimum atomic E-state index is -0.979. The molecule has 0 aliphatic carbocycles. The molecule has 1 unspecified atom stereocenters. The summed E-state index contributed by atoms with van der Waals surface area (Å²) >= 11 is 0. The van der Waals surface area contributed by atoms with Crippen LogP contribution in [-0.2, 0) is 4.79 Å². The van der Waals surface area contributed by atoms with Crippen molar-refractivity contribution in [3.8, 4) is 0 Å². The molecule has 12 heavy (non-hydrogen) atoms. The van der Waals surface area contributed by atoms with Crippen molar-refractivity contribution in [2.45, 2.75) is 18.9 Å². The van der Waals surface area contributed by atoms with Gasteiger partial charge in [-0.25, -0.2) is 4.79 Å². The number of Topliss-reactive ketones (excluding diaryl/α,β-unsaturated/α-hetero) is 1. The van der Waals surface area contributed by atoms with Crippen molar-refractivity contribution in [3.05, 3.63) is 12.7 Å². The van der Waals surface area contributed by atoms with Crippen LogP contribution in [0.25, 0.3) is 0 Å². The molecule has 0 radical (unpaired) electrons. The molecule has 0 saturated carbocycles. The standard InChI is InChI=1S/C8H11NO3/c1-2-6-5-7(10)3-4-9(6)8(11)12/h2,6H,1,3-5H2,(H,11,12). The Balaban J connectivity index is 2.68. The molecular formula is C8H11NO3. The minimum Gasteiger partial charge on any atom is -0.465 e. The molecule has 0 aromatic heterocycles. The van der Waals surface area contributed by atoms with Crippen LogP contribution in [0.3, 0.4) is 0 Å². The number of likely N-dealkylation sites (tertiary alicyclic amines) is 1. The average molecular weight is 169 g/mol. The lowest BCUT2D eigenvalue weighted by Gasteiger charge is -2.30. The summed E-state index contributed by atoms with van der Waals surface area (Å²) < 4.78 is 0. The van der Waals surface area contributed by atoms with Gasteiger partial charge < -0.3 is 10.0 Å². The number of carbonyl (C=O) groups is 2. The molecule has 1 atom stereocenters. The maximum atomic E-state index is 10.9. The first kappa shape index (κ1) is 8.77. The highest BCUT2D eigenvalue weighted by molar-refractivity contribution is 5.82. The number of nitrogens with zero attached hydrogens (tertiary/aromatic N) is 1. The zero-order valence-electron chi connectivity index (χ0n) is 6.69. The highest BCUT2D eigenvalue weighted by Gasteiger charge is 2.27. The molecule has 0 aromatic rings. The number of hydrogen-bond donors (Lipinski definition) is 1. The summed E-state index contributed by atoms with van der Waals surface area (Å²) in [6, 6.07) is -0.330. The van der Waals surface area contributed by atoms with Gasteiger partial charge in [-0.1, -0.05) is 6.08 Å². The Morgan fingerprint density at radius 3 is 2.92 bits per heavy atom. The van der Waals surface area contributed by atoms with Crippen LogP contribution >= 0.6 is 0 Å². The van der Waals surface area contributed by atoms with Crippen LogP contribution in [0.15, 0.2) is 12.7 Å². The third-order valence-corrected chi connectivity index (χ3v) is 1.99. The van der Waals surface area contributed by atoms with Gasteiger partial charge in [0, 0.05) is 19.4 Å². The fourth-order valence-corrected chi connectivity index (χ4v) is 1.30. The molecule has 1 heterocycles. The van der Waals surface area contributed by atoms with Crippen LogP contribution in [0.5, 0.6) is 0 Å². The Kier molecular flexibility index (Phi) is 2.47. The molecule has 0 aromatic carbocycles. The van der Waals surface area contributed by atoms with E-state index in [4.69, 9.17) is 5.11 Å². The molecular weight excluding hydrogens is 158 g/mol. The van der Waals surface area contributed by atoms with Crippen LogP contribution in [0.4, 0.5) is 4.79 Å². The second kappa shape index (κ2) is 3.38. The van der Waals surface area contributed by atoms with Gasteiger partial charge in [0.25, 0.3) is 0 Å². The first-order chi connectivity index (χ1) is 5.65. The lowest BCUT2D eigenvalue weighted by atomic mass is 10.0. The summed E-state index contributed by atoms with van der Waals surface area (Å²) in [5.74, 6) is 0.109. The zero-order chi connectivity index (χ0) is 9.14. The quantitative estimate of drug-likeness (QED) is 0.593. The molecule has 0 bridgehead atoms. The van der Waals surface area contributed by atoms with Crippen LogP contribution in [0.1, 0.15) is 12.8 Å². The number of piperidine rings is 1. The lowest BCUT2D eigenvalue weighted by Crippen LogP contribution is -2.44. The van der Waals surface area contributed by atoms with Crippen molar-refractivity contribution in [3.63, 3.8) is 0 Å². The van der Waals surface area contributed by atoms with Crippen molar-refractivity contribution in [1.29, 1.82) is 0 Å². The highest BCUT2D eigenvalue weighted by atomic mass is 16.4. The molecule has 1 aliphatic heterocycles. The van der Waals surface area contributed by atoms with E-state index < -0.39 is 6.09 Å². The summed E-state index contributed by atoms with van der Waals surface area (Å²) in [6.45, 7) is 3.79. The smallest absolute Gasteiger partial charge is 0.407 e. The van der Waals surface area contributed by atoms with Gasteiger partial charge in [-0.15, -0.1) is 6.58 Å². The third kappa shape index (κ3) is 1.64. The van der Waals surface area contributed by atoms with Crippen molar-refractivity contribution in [1.82, 2.24) is 4.90 Å². The number of amides is 1. The van der Waals surface area contributed by atoms with Crippen LogP contribution < -0.4 is 0 Å². The van der Waals surface area contributed by atoms with Crippen molar-refractivity contribution >= 4 is 11.9 Å². The predicted molar refractivity (Wildman–Crippen MR) is 43.0 cm³/mol. The topological polar surface area (TPSA) is 57.6 Å². The van der Waals surface area contributed by atoms with E-state index in [9.17, 15) is 9.59 Å². The van der Waals surface area contributed by atoms with Gasteiger partial charge in [-0.05, 0) is 0 Å². The van der Waals surface area contributed by atoms with E-state index in [1.54, 1.807) is 0 Å². The lowest BCUT2D eigenvalue weighted by molar-refractivity contribution is -0.121. The Morgan fingerprint density at radius 2 is 2.42 bits per heavy atom. The predicted octanol–water partition coefficient (Wildman–Crippen LogP) is 0.884. The summed E-state index contributed by atoms with van der Waals surface area (Å²) in [6.07, 6.45) is 1.13. The number of carbonyl (C=O) groups excluding carboxylic acids is 1. The first-order valence-corrected chi connectivity index (χ1v) is 3.79. The van der Waals surface area contributed by atoms with Gasteiger partial charge in [-0.3, -0.25) is 4.79 Å². The number of hydrogen-bond acceptors (Lipinski definition) is 2. The Hall–Kier alpha value is -1.32. The first-order valence-electron chi connectivity index (χ1n) is 3.79. The van der Waals surface area contributed by atoms with E-state index in [1.807, 2.05) is 0 Å².